The molecule has 94 valence electrons. The Kier molecular flexibility index (Phi) is 7.58. The molecule has 0 spiro atoms. The highest BCUT2D eigenvalue weighted by atomic mass is 127. The number of benzene rings is 1. The summed E-state index contributed by atoms with van der Waals surface area (Å²) in [7, 11) is 0. The van der Waals surface area contributed by atoms with E-state index in [-0.39, 0.29) is 0 Å². The number of unbranched alkanes of at least 4 members (excludes halogenated alkanes) is 1. The van der Waals surface area contributed by atoms with Gasteiger partial charge in [-0.15, -0.1) is 0 Å². The minimum atomic E-state index is 0.747. The standard InChI is InChI=1S/C16H23I/c1-3-5-8-14(4-2)11-12-15-9-6-7-10-16(15)13-17/h6-7,9-12,14H,3-5,8,13H2,1-2H3/b12-11+. The van der Waals surface area contributed by atoms with E-state index in [1.807, 2.05) is 0 Å². The zero-order valence-corrected chi connectivity index (χ0v) is 13.1. The Morgan fingerprint density at radius 1 is 1.24 bits per heavy atom. The molecule has 0 fully saturated rings. The Morgan fingerprint density at radius 3 is 2.65 bits per heavy atom. The molecule has 0 aliphatic heterocycles. The maximum absolute atomic E-state index is 2.43. The molecule has 0 amide bonds. The lowest BCUT2D eigenvalue weighted by Crippen LogP contribution is -1.94. The average Bonchev–Trinajstić information content (AvgIpc) is 2.39. The summed E-state index contributed by atoms with van der Waals surface area (Å²) in [5.74, 6) is 0.747. The summed E-state index contributed by atoms with van der Waals surface area (Å²) < 4.78 is 1.09. The molecule has 0 saturated heterocycles. The van der Waals surface area contributed by atoms with E-state index in [0.29, 0.717) is 0 Å². The third-order valence-electron chi connectivity index (χ3n) is 3.20. The highest BCUT2D eigenvalue weighted by Crippen LogP contribution is 2.19. The highest BCUT2D eigenvalue weighted by molar-refractivity contribution is 14.1. The summed E-state index contributed by atoms with van der Waals surface area (Å²) >= 11 is 2.43. The molecule has 0 aliphatic carbocycles. The topological polar surface area (TPSA) is 0 Å². The van der Waals surface area contributed by atoms with E-state index in [1.54, 1.807) is 0 Å². The normalized spacial score (nSPS) is 13.1. The summed E-state index contributed by atoms with van der Waals surface area (Å²) in [5, 5.41) is 0. The second-order valence-corrected chi connectivity index (χ2v) is 5.26. The second kappa shape index (κ2) is 8.73. The monoisotopic (exact) mass is 342 g/mol. The largest absolute Gasteiger partial charge is 0.0812 e. The van der Waals surface area contributed by atoms with Crippen molar-refractivity contribution in [2.75, 3.05) is 0 Å². The third kappa shape index (κ3) is 5.24. The molecule has 0 heterocycles. The molecule has 0 bridgehead atoms. The fraction of sp³-hybridized carbons (Fsp3) is 0.500. The van der Waals surface area contributed by atoms with Crippen LogP contribution in [0.15, 0.2) is 30.3 Å². The van der Waals surface area contributed by atoms with E-state index in [0.717, 1.165) is 10.3 Å². The Bertz CT molecular complexity index is 341. The van der Waals surface area contributed by atoms with Gasteiger partial charge in [0.25, 0.3) is 0 Å². The summed E-state index contributed by atoms with van der Waals surface area (Å²) in [6, 6.07) is 8.69. The molecule has 0 nitrogen and oxygen atoms in total. The van der Waals surface area contributed by atoms with Gasteiger partial charge in [0.15, 0.2) is 0 Å². The lowest BCUT2D eigenvalue weighted by molar-refractivity contribution is 0.542. The van der Waals surface area contributed by atoms with Crippen molar-refractivity contribution < 1.29 is 0 Å². The first-order valence-corrected chi connectivity index (χ1v) is 8.16. The summed E-state index contributed by atoms with van der Waals surface area (Å²) in [5.41, 5.74) is 2.83. The van der Waals surface area contributed by atoms with Crippen LogP contribution in [0.5, 0.6) is 0 Å². The Hall–Kier alpha value is -0.310. The Balaban J connectivity index is 2.67. The van der Waals surface area contributed by atoms with E-state index < -0.39 is 0 Å². The minimum absolute atomic E-state index is 0.747. The number of rotatable bonds is 7. The van der Waals surface area contributed by atoms with Crippen molar-refractivity contribution in [3.63, 3.8) is 0 Å². The van der Waals surface area contributed by atoms with Crippen molar-refractivity contribution in [1.82, 2.24) is 0 Å². The van der Waals surface area contributed by atoms with Gasteiger partial charge in [0.2, 0.25) is 0 Å². The number of hydrogen-bond donors (Lipinski definition) is 0. The van der Waals surface area contributed by atoms with Crippen LogP contribution in [0, 0.1) is 5.92 Å². The van der Waals surface area contributed by atoms with E-state index in [4.69, 9.17) is 0 Å². The van der Waals surface area contributed by atoms with E-state index in [1.165, 1.54) is 36.8 Å². The molecule has 0 radical (unpaired) electrons. The van der Waals surface area contributed by atoms with Crippen molar-refractivity contribution in [2.24, 2.45) is 5.92 Å². The van der Waals surface area contributed by atoms with Gasteiger partial charge in [-0.2, -0.15) is 0 Å². The van der Waals surface area contributed by atoms with Crippen LogP contribution in [-0.4, -0.2) is 0 Å². The van der Waals surface area contributed by atoms with Crippen molar-refractivity contribution in [3.05, 3.63) is 41.5 Å². The molecular weight excluding hydrogens is 319 g/mol. The molecule has 0 aliphatic rings. The average molecular weight is 342 g/mol. The molecule has 1 aromatic carbocycles. The SMILES string of the molecule is CCCCC(/C=C/c1ccccc1CI)CC. The van der Waals surface area contributed by atoms with Gasteiger partial charge in [-0.1, -0.05) is 85.7 Å². The zero-order valence-electron chi connectivity index (χ0n) is 11.0. The molecule has 1 heteroatoms. The van der Waals surface area contributed by atoms with Crippen LogP contribution in [0.2, 0.25) is 0 Å². The van der Waals surface area contributed by atoms with Gasteiger partial charge in [-0.05, 0) is 29.9 Å². The molecule has 0 saturated carbocycles. The van der Waals surface area contributed by atoms with E-state index >= 15 is 0 Å². The molecule has 17 heavy (non-hydrogen) atoms. The summed E-state index contributed by atoms with van der Waals surface area (Å²) in [6.45, 7) is 4.55. The number of halogens is 1. The first-order chi connectivity index (χ1) is 8.31. The molecule has 1 unspecified atom stereocenters. The van der Waals surface area contributed by atoms with Crippen LogP contribution in [0.1, 0.15) is 50.7 Å². The first-order valence-electron chi connectivity index (χ1n) is 6.63. The van der Waals surface area contributed by atoms with Crippen LogP contribution < -0.4 is 0 Å². The van der Waals surface area contributed by atoms with Gasteiger partial charge in [0.1, 0.15) is 0 Å². The van der Waals surface area contributed by atoms with Gasteiger partial charge < -0.3 is 0 Å². The third-order valence-corrected chi connectivity index (χ3v) is 4.02. The van der Waals surface area contributed by atoms with Crippen LogP contribution in [0.3, 0.4) is 0 Å². The second-order valence-electron chi connectivity index (χ2n) is 4.50. The zero-order chi connectivity index (χ0) is 12.5. The van der Waals surface area contributed by atoms with Crippen LogP contribution in [-0.2, 0) is 4.43 Å². The van der Waals surface area contributed by atoms with Crippen molar-refractivity contribution in [2.45, 2.75) is 44.0 Å². The molecule has 0 N–H and O–H groups in total. The lowest BCUT2D eigenvalue weighted by Gasteiger charge is -2.09. The Morgan fingerprint density at radius 2 is 2.00 bits per heavy atom. The van der Waals surface area contributed by atoms with E-state index in [9.17, 15) is 0 Å². The molecule has 1 atom stereocenters. The number of alkyl halides is 1. The van der Waals surface area contributed by atoms with Crippen LogP contribution in [0.25, 0.3) is 6.08 Å². The predicted molar refractivity (Wildman–Crippen MR) is 86.5 cm³/mol. The first kappa shape index (κ1) is 14.7. The van der Waals surface area contributed by atoms with Crippen LogP contribution >= 0.6 is 22.6 Å². The number of hydrogen-bond acceptors (Lipinski definition) is 0. The van der Waals surface area contributed by atoms with Crippen molar-refractivity contribution in [3.8, 4) is 0 Å². The van der Waals surface area contributed by atoms with Crippen molar-refractivity contribution in [1.29, 1.82) is 0 Å². The highest BCUT2D eigenvalue weighted by Gasteiger charge is 2.01. The number of allylic oxidation sites excluding steroid dienone is 1. The molecule has 1 rings (SSSR count). The van der Waals surface area contributed by atoms with Gasteiger partial charge in [-0.25, -0.2) is 0 Å². The maximum atomic E-state index is 2.43. The van der Waals surface area contributed by atoms with Gasteiger partial charge >= 0.3 is 0 Å². The molecule has 0 aromatic heterocycles. The quantitative estimate of drug-likeness (QED) is 0.431. The summed E-state index contributed by atoms with van der Waals surface area (Å²) in [4.78, 5) is 0. The summed E-state index contributed by atoms with van der Waals surface area (Å²) in [6.07, 6.45) is 9.95. The van der Waals surface area contributed by atoms with Gasteiger partial charge in [-0.3, -0.25) is 0 Å². The van der Waals surface area contributed by atoms with Crippen LogP contribution in [0.4, 0.5) is 0 Å². The lowest BCUT2D eigenvalue weighted by atomic mass is 9.97. The smallest absolute Gasteiger partial charge is 0.0253 e. The van der Waals surface area contributed by atoms with Gasteiger partial charge in [0.05, 0.1) is 0 Å². The van der Waals surface area contributed by atoms with E-state index in [2.05, 4.69) is 72.9 Å². The maximum Gasteiger partial charge on any atom is 0.0253 e. The molecule has 1 aromatic rings. The molecular formula is C16H23I. The Labute approximate surface area is 120 Å². The fourth-order valence-electron chi connectivity index (χ4n) is 1.96. The fourth-order valence-corrected chi connectivity index (χ4v) is 2.66. The van der Waals surface area contributed by atoms with Gasteiger partial charge in [0, 0.05) is 4.43 Å². The minimum Gasteiger partial charge on any atom is -0.0812 e. The predicted octanol–water partition coefficient (Wildman–Crippen LogP) is 5.85. The van der Waals surface area contributed by atoms with Crippen molar-refractivity contribution >= 4 is 28.7 Å².